The minimum atomic E-state index is -1.24. The van der Waals surface area contributed by atoms with Gasteiger partial charge in [-0.1, -0.05) is 30.3 Å². The number of carbonyl (C=O) groups excluding carboxylic acids is 3. The van der Waals surface area contributed by atoms with E-state index in [9.17, 15) is 14.4 Å². The Labute approximate surface area is 158 Å². The van der Waals surface area contributed by atoms with Crippen LogP contribution in [0.1, 0.15) is 29.8 Å². The highest BCUT2D eigenvalue weighted by atomic mass is 16.5. The number of hydrogen-bond donors (Lipinski definition) is 2. The average Bonchev–Trinajstić information content (AvgIpc) is 2.68. The monoisotopic (exact) mass is 368 g/mol. The number of rotatable bonds is 7. The highest BCUT2D eigenvalue weighted by molar-refractivity contribution is 6.09. The second kappa shape index (κ2) is 8.98. The molecule has 0 heterocycles. The highest BCUT2D eigenvalue weighted by Crippen LogP contribution is 2.19. The molecule has 0 aliphatic rings. The Morgan fingerprint density at radius 2 is 1.56 bits per heavy atom. The van der Waals surface area contributed by atoms with Gasteiger partial charge in [-0.15, -0.1) is 0 Å². The van der Waals surface area contributed by atoms with Gasteiger partial charge in [0.15, 0.2) is 0 Å². The summed E-state index contributed by atoms with van der Waals surface area (Å²) in [5.74, 6) is -1.22. The number of ether oxygens (including phenoxy) is 1. The molecular formula is C21H24N2O4. The van der Waals surface area contributed by atoms with Crippen molar-refractivity contribution < 1.29 is 19.1 Å². The highest BCUT2D eigenvalue weighted by Gasteiger charge is 2.35. The number of hydrogen-bond acceptors (Lipinski definition) is 4. The number of anilines is 1. The molecule has 2 aromatic rings. The number of methoxy groups -OCH3 is 1. The average molecular weight is 368 g/mol. The Morgan fingerprint density at radius 3 is 2.15 bits per heavy atom. The van der Waals surface area contributed by atoms with Crippen LogP contribution >= 0.6 is 0 Å². The van der Waals surface area contributed by atoms with Gasteiger partial charge < -0.3 is 15.4 Å². The van der Waals surface area contributed by atoms with Crippen molar-refractivity contribution in [3.8, 4) is 0 Å². The van der Waals surface area contributed by atoms with Crippen LogP contribution in [0.15, 0.2) is 54.6 Å². The van der Waals surface area contributed by atoms with Gasteiger partial charge in [0.05, 0.1) is 12.7 Å². The zero-order valence-electron chi connectivity index (χ0n) is 15.7. The molecule has 6 nitrogen and oxygen atoms in total. The summed E-state index contributed by atoms with van der Waals surface area (Å²) in [6.07, 6.45) is 0.694. The first-order valence-corrected chi connectivity index (χ1v) is 8.66. The number of amides is 2. The molecule has 0 saturated heterocycles. The van der Waals surface area contributed by atoms with E-state index in [2.05, 4.69) is 15.4 Å². The van der Waals surface area contributed by atoms with Crippen molar-refractivity contribution in [3.05, 3.63) is 65.7 Å². The Balaban J connectivity index is 1.91. The molecule has 0 bridgehead atoms. The molecule has 2 N–H and O–H groups in total. The van der Waals surface area contributed by atoms with Crippen LogP contribution in [0.4, 0.5) is 5.69 Å². The minimum absolute atomic E-state index is 0.345. The van der Waals surface area contributed by atoms with Crippen molar-refractivity contribution in [2.24, 2.45) is 5.41 Å². The lowest BCUT2D eigenvalue weighted by Gasteiger charge is -2.22. The first kappa shape index (κ1) is 20.2. The fraction of sp³-hybridized carbons (Fsp3) is 0.286. The molecule has 27 heavy (non-hydrogen) atoms. The molecule has 0 aliphatic carbocycles. The summed E-state index contributed by atoms with van der Waals surface area (Å²) in [7, 11) is 1.30. The summed E-state index contributed by atoms with van der Waals surface area (Å²) < 4.78 is 4.63. The van der Waals surface area contributed by atoms with Gasteiger partial charge in [-0.25, -0.2) is 4.79 Å². The lowest BCUT2D eigenvalue weighted by atomic mass is 9.90. The normalized spacial score (nSPS) is 10.8. The maximum atomic E-state index is 12.5. The molecule has 0 saturated carbocycles. The Bertz CT molecular complexity index is 799. The lowest BCUT2D eigenvalue weighted by molar-refractivity contribution is -0.138. The quantitative estimate of drug-likeness (QED) is 0.581. The van der Waals surface area contributed by atoms with Crippen molar-refractivity contribution in [1.82, 2.24) is 5.32 Å². The van der Waals surface area contributed by atoms with Crippen molar-refractivity contribution in [1.29, 1.82) is 0 Å². The molecule has 0 fully saturated rings. The fourth-order valence-corrected chi connectivity index (χ4v) is 2.38. The van der Waals surface area contributed by atoms with E-state index < -0.39 is 17.3 Å². The van der Waals surface area contributed by atoms with Crippen LogP contribution in [-0.4, -0.2) is 31.4 Å². The number of carbonyl (C=O) groups is 3. The van der Waals surface area contributed by atoms with Crippen molar-refractivity contribution in [3.63, 3.8) is 0 Å². The van der Waals surface area contributed by atoms with Gasteiger partial charge in [0.2, 0.25) is 11.8 Å². The molecule has 142 valence electrons. The summed E-state index contributed by atoms with van der Waals surface area (Å²) in [5, 5.41) is 5.51. The van der Waals surface area contributed by atoms with Crippen LogP contribution in [0.5, 0.6) is 0 Å². The number of esters is 1. The second-order valence-corrected chi connectivity index (χ2v) is 6.64. The van der Waals surface area contributed by atoms with Crippen molar-refractivity contribution >= 4 is 23.5 Å². The molecule has 0 spiro atoms. The summed E-state index contributed by atoms with van der Waals surface area (Å²) in [5.41, 5.74) is 0.759. The third kappa shape index (κ3) is 5.41. The Hall–Kier alpha value is -3.15. The molecule has 6 heteroatoms. The molecule has 0 unspecified atom stereocenters. The van der Waals surface area contributed by atoms with E-state index >= 15 is 0 Å². The second-order valence-electron chi connectivity index (χ2n) is 6.64. The van der Waals surface area contributed by atoms with Crippen LogP contribution in [0.25, 0.3) is 0 Å². The molecule has 0 aliphatic heterocycles. The summed E-state index contributed by atoms with van der Waals surface area (Å²) in [6.45, 7) is 3.60. The largest absolute Gasteiger partial charge is 0.465 e. The SMILES string of the molecule is COC(=O)c1ccc(NC(=O)C(C)(C)C(=O)NCCc2ccccc2)cc1. The van der Waals surface area contributed by atoms with Gasteiger partial charge in [0, 0.05) is 12.2 Å². The van der Waals surface area contributed by atoms with E-state index in [0.29, 0.717) is 24.2 Å². The van der Waals surface area contributed by atoms with Crippen LogP contribution in [0.3, 0.4) is 0 Å². The minimum Gasteiger partial charge on any atom is -0.465 e. The molecule has 2 aromatic carbocycles. The zero-order valence-corrected chi connectivity index (χ0v) is 15.7. The summed E-state index contributed by atoms with van der Waals surface area (Å²) >= 11 is 0. The molecule has 0 aromatic heterocycles. The molecular weight excluding hydrogens is 344 g/mol. The predicted octanol–water partition coefficient (Wildman–Crippen LogP) is 2.80. The fourth-order valence-electron chi connectivity index (χ4n) is 2.38. The van der Waals surface area contributed by atoms with Gasteiger partial charge in [-0.3, -0.25) is 9.59 Å². The standard InChI is InChI=1S/C21H24N2O4/c1-21(2,19(25)22-14-13-15-7-5-4-6-8-15)20(26)23-17-11-9-16(10-12-17)18(24)27-3/h4-12H,13-14H2,1-3H3,(H,22,25)(H,23,26). The third-order valence-corrected chi connectivity index (χ3v) is 4.24. The number of nitrogens with one attached hydrogen (secondary N) is 2. The van der Waals surface area contributed by atoms with Crippen molar-refractivity contribution in [2.75, 3.05) is 19.0 Å². The topological polar surface area (TPSA) is 84.5 Å². The number of benzene rings is 2. The molecule has 0 atom stereocenters. The van der Waals surface area contributed by atoms with Crippen LogP contribution in [0.2, 0.25) is 0 Å². The Kier molecular flexibility index (Phi) is 6.71. The first-order chi connectivity index (χ1) is 12.8. The van der Waals surface area contributed by atoms with Gasteiger partial charge in [-0.2, -0.15) is 0 Å². The van der Waals surface area contributed by atoms with E-state index in [1.807, 2.05) is 30.3 Å². The van der Waals surface area contributed by atoms with E-state index in [1.54, 1.807) is 38.1 Å². The van der Waals surface area contributed by atoms with Gasteiger partial charge >= 0.3 is 5.97 Å². The van der Waals surface area contributed by atoms with Gasteiger partial charge in [-0.05, 0) is 50.1 Å². The molecule has 2 amide bonds. The smallest absolute Gasteiger partial charge is 0.337 e. The third-order valence-electron chi connectivity index (χ3n) is 4.24. The maximum absolute atomic E-state index is 12.5. The first-order valence-electron chi connectivity index (χ1n) is 8.66. The predicted molar refractivity (Wildman–Crippen MR) is 103 cm³/mol. The summed E-state index contributed by atoms with van der Waals surface area (Å²) in [6, 6.07) is 16.1. The molecule has 2 rings (SSSR count). The van der Waals surface area contributed by atoms with Crippen molar-refractivity contribution in [2.45, 2.75) is 20.3 Å². The lowest BCUT2D eigenvalue weighted by Crippen LogP contribution is -2.45. The van der Waals surface area contributed by atoms with Crippen LogP contribution in [0, 0.1) is 5.41 Å². The zero-order chi connectivity index (χ0) is 19.9. The van der Waals surface area contributed by atoms with E-state index in [-0.39, 0.29) is 5.91 Å². The molecule has 0 radical (unpaired) electrons. The van der Waals surface area contributed by atoms with Gasteiger partial charge in [0.25, 0.3) is 0 Å². The van der Waals surface area contributed by atoms with Crippen LogP contribution < -0.4 is 10.6 Å². The van der Waals surface area contributed by atoms with Gasteiger partial charge in [0.1, 0.15) is 5.41 Å². The maximum Gasteiger partial charge on any atom is 0.337 e. The van der Waals surface area contributed by atoms with E-state index in [0.717, 1.165) is 5.56 Å². The summed E-state index contributed by atoms with van der Waals surface area (Å²) in [4.78, 5) is 36.4. The van der Waals surface area contributed by atoms with Crippen LogP contribution in [-0.2, 0) is 20.7 Å². The van der Waals surface area contributed by atoms with E-state index in [4.69, 9.17) is 0 Å². The Morgan fingerprint density at radius 1 is 0.926 bits per heavy atom. The van der Waals surface area contributed by atoms with E-state index in [1.165, 1.54) is 7.11 Å².